The molecule has 0 radical (unpaired) electrons. The van der Waals surface area contributed by atoms with Crippen molar-refractivity contribution in [2.45, 2.75) is 18.5 Å². The number of carboxylic acids is 1. The normalized spacial score (nSPS) is 12.5. The molecule has 0 saturated carbocycles. The van der Waals surface area contributed by atoms with Crippen LogP contribution in [0.2, 0.25) is 0 Å². The Labute approximate surface area is 149 Å². The Morgan fingerprint density at radius 1 is 1.00 bits per heavy atom. The molecule has 142 valence electrons. The van der Waals surface area contributed by atoms with Gasteiger partial charge in [-0.3, -0.25) is 14.4 Å². The number of carbonyl (C=O) groups excluding carboxylic acids is 3. The van der Waals surface area contributed by atoms with E-state index in [1.807, 2.05) is 0 Å². The van der Waals surface area contributed by atoms with E-state index in [0.717, 1.165) is 5.56 Å². The van der Waals surface area contributed by atoms with E-state index in [-0.39, 0.29) is 6.42 Å². The first-order valence-corrected chi connectivity index (χ1v) is 7.80. The number of carboxylic acid groups (broad SMARTS) is 1. The van der Waals surface area contributed by atoms with Crippen molar-refractivity contribution in [1.29, 1.82) is 0 Å². The van der Waals surface area contributed by atoms with E-state index in [1.54, 1.807) is 30.3 Å². The van der Waals surface area contributed by atoms with Crippen LogP contribution in [-0.4, -0.2) is 65.7 Å². The first-order chi connectivity index (χ1) is 12.3. The molecule has 0 spiro atoms. The van der Waals surface area contributed by atoms with E-state index < -0.39 is 55.5 Å². The molecule has 0 aliphatic rings. The first-order valence-electron chi connectivity index (χ1n) is 7.80. The summed E-state index contributed by atoms with van der Waals surface area (Å²) >= 11 is 0. The number of nitrogens with two attached hydrogens (primary N) is 1. The molecule has 3 amide bonds. The van der Waals surface area contributed by atoms with Gasteiger partial charge in [0.25, 0.3) is 0 Å². The molecule has 1 aromatic carbocycles. The third-order valence-electron chi connectivity index (χ3n) is 3.32. The summed E-state index contributed by atoms with van der Waals surface area (Å²) in [7, 11) is 0. The molecular formula is C16H22N4O6. The van der Waals surface area contributed by atoms with E-state index in [0.29, 0.717) is 0 Å². The summed E-state index contributed by atoms with van der Waals surface area (Å²) in [4.78, 5) is 45.9. The van der Waals surface area contributed by atoms with Crippen molar-refractivity contribution in [3.63, 3.8) is 0 Å². The number of benzene rings is 1. The molecule has 7 N–H and O–H groups in total. The van der Waals surface area contributed by atoms with Gasteiger partial charge in [0.1, 0.15) is 12.1 Å². The van der Waals surface area contributed by atoms with Crippen LogP contribution in [0.1, 0.15) is 5.56 Å². The van der Waals surface area contributed by atoms with Gasteiger partial charge in [0.15, 0.2) is 0 Å². The third-order valence-corrected chi connectivity index (χ3v) is 3.32. The number of rotatable bonds is 10. The standard InChI is InChI=1S/C16H22N4O6/c17-11(9-21)15(24)19-7-13(22)18-8-14(23)20-12(16(25)26)6-10-4-2-1-3-5-10/h1-5,11-12,21H,6-9,17H2,(H,18,22)(H,19,24)(H,20,23)(H,25,26). The topological polar surface area (TPSA) is 171 Å². The lowest BCUT2D eigenvalue weighted by molar-refractivity contribution is -0.141. The number of aliphatic carboxylic acids is 1. The Balaban J connectivity index is 2.40. The maximum Gasteiger partial charge on any atom is 0.326 e. The van der Waals surface area contributed by atoms with Gasteiger partial charge in [-0.2, -0.15) is 0 Å². The van der Waals surface area contributed by atoms with Crippen molar-refractivity contribution >= 4 is 23.7 Å². The smallest absolute Gasteiger partial charge is 0.326 e. The van der Waals surface area contributed by atoms with Crippen molar-refractivity contribution in [3.05, 3.63) is 35.9 Å². The van der Waals surface area contributed by atoms with Crippen molar-refractivity contribution in [3.8, 4) is 0 Å². The van der Waals surface area contributed by atoms with Crippen LogP contribution in [-0.2, 0) is 25.6 Å². The highest BCUT2D eigenvalue weighted by Gasteiger charge is 2.20. The highest BCUT2D eigenvalue weighted by atomic mass is 16.4. The lowest BCUT2D eigenvalue weighted by Crippen LogP contribution is -2.49. The van der Waals surface area contributed by atoms with Crippen molar-refractivity contribution < 1.29 is 29.4 Å². The predicted octanol–water partition coefficient (Wildman–Crippen LogP) is -2.65. The fraction of sp³-hybridized carbons (Fsp3) is 0.375. The van der Waals surface area contributed by atoms with Crippen LogP contribution in [0.5, 0.6) is 0 Å². The number of nitrogens with one attached hydrogen (secondary N) is 3. The number of carbonyl (C=O) groups is 4. The van der Waals surface area contributed by atoms with Gasteiger partial charge in [-0.1, -0.05) is 30.3 Å². The average Bonchev–Trinajstić information content (AvgIpc) is 2.63. The van der Waals surface area contributed by atoms with Crippen LogP contribution in [0.15, 0.2) is 30.3 Å². The Kier molecular flexibility index (Phi) is 8.75. The second-order valence-electron chi connectivity index (χ2n) is 5.43. The third kappa shape index (κ3) is 7.73. The van der Waals surface area contributed by atoms with E-state index in [2.05, 4.69) is 16.0 Å². The van der Waals surface area contributed by atoms with Crippen molar-refractivity contribution in [2.24, 2.45) is 5.73 Å². The lowest BCUT2D eigenvalue weighted by atomic mass is 10.1. The van der Waals surface area contributed by atoms with Gasteiger partial charge >= 0.3 is 5.97 Å². The van der Waals surface area contributed by atoms with Crippen LogP contribution >= 0.6 is 0 Å². The SMILES string of the molecule is NC(CO)C(=O)NCC(=O)NCC(=O)NC(Cc1ccccc1)C(=O)O. The number of aliphatic hydroxyl groups excluding tert-OH is 1. The molecule has 1 rings (SSSR count). The van der Waals surface area contributed by atoms with Gasteiger partial charge in [-0.05, 0) is 5.56 Å². The summed E-state index contributed by atoms with van der Waals surface area (Å²) in [6, 6.07) is 6.51. The molecule has 0 aromatic heterocycles. The second-order valence-corrected chi connectivity index (χ2v) is 5.43. The van der Waals surface area contributed by atoms with Crippen LogP contribution in [0.4, 0.5) is 0 Å². The van der Waals surface area contributed by atoms with E-state index in [9.17, 15) is 24.3 Å². The molecule has 0 saturated heterocycles. The van der Waals surface area contributed by atoms with Gasteiger partial charge in [0, 0.05) is 6.42 Å². The van der Waals surface area contributed by atoms with Crippen LogP contribution in [0.3, 0.4) is 0 Å². The summed E-state index contributed by atoms with van der Waals surface area (Å²) in [6.45, 7) is -1.43. The Bertz CT molecular complexity index is 637. The number of amides is 3. The minimum absolute atomic E-state index is 0.102. The van der Waals surface area contributed by atoms with Gasteiger partial charge in [-0.25, -0.2) is 4.79 Å². The molecule has 0 heterocycles. The Hall–Kier alpha value is -2.98. The molecule has 2 atom stereocenters. The lowest BCUT2D eigenvalue weighted by Gasteiger charge is -2.15. The van der Waals surface area contributed by atoms with Gasteiger partial charge < -0.3 is 31.9 Å². The van der Waals surface area contributed by atoms with Gasteiger partial charge in [0.05, 0.1) is 19.7 Å². The Morgan fingerprint density at radius 2 is 1.62 bits per heavy atom. The van der Waals surface area contributed by atoms with Crippen LogP contribution < -0.4 is 21.7 Å². The molecule has 0 aliphatic heterocycles. The highest BCUT2D eigenvalue weighted by molar-refractivity contribution is 5.90. The molecule has 0 fully saturated rings. The summed E-state index contributed by atoms with van der Waals surface area (Å²) in [5, 5.41) is 24.6. The zero-order valence-electron chi connectivity index (χ0n) is 14.0. The summed E-state index contributed by atoms with van der Waals surface area (Å²) in [6.07, 6.45) is 0.102. The largest absolute Gasteiger partial charge is 0.480 e. The van der Waals surface area contributed by atoms with Crippen LogP contribution in [0.25, 0.3) is 0 Å². The second kappa shape index (κ2) is 10.8. The fourth-order valence-electron chi connectivity index (χ4n) is 1.92. The molecule has 10 heteroatoms. The number of hydrogen-bond donors (Lipinski definition) is 6. The highest BCUT2D eigenvalue weighted by Crippen LogP contribution is 2.03. The molecule has 1 aromatic rings. The Morgan fingerprint density at radius 3 is 2.19 bits per heavy atom. The van der Waals surface area contributed by atoms with Crippen molar-refractivity contribution in [1.82, 2.24) is 16.0 Å². The van der Waals surface area contributed by atoms with E-state index in [4.69, 9.17) is 10.8 Å². The summed E-state index contributed by atoms with van der Waals surface area (Å²) in [5.74, 6) is -3.24. The maximum atomic E-state index is 11.8. The fourth-order valence-corrected chi connectivity index (χ4v) is 1.92. The molecular weight excluding hydrogens is 344 g/mol. The van der Waals surface area contributed by atoms with Crippen LogP contribution in [0, 0.1) is 0 Å². The number of aliphatic hydroxyl groups is 1. The van der Waals surface area contributed by atoms with Gasteiger partial charge in [-0.15, -0.1) is 0 Å². The zero-order chi connectivity index (χ0) is 19.5. The minimum Gasteiger partial charge on any atom is -0.480 e. The quantitative estimate of drug-likeness (QED) is 0.262. The minimum atomic E-state index is -1.20. The van der Waals surface area contributed by atoms with Gasteiger partial charge in [0.2, 0.25) is 17.7 Å². The monoisotopic (exact) mass is 366 g/mol. The summed E-state index contributed by atoms with van der Waals surface area (Å²) in [5.41, 5.74) is 6.00. The first kappa shape index (κ1) is 21.1. The molecule has 0 bridgehead atoms. The van der Waals surface area contributed by atoms with E-state index in [1.165, 1.54) is 0 Å². The predicted molar refractivity (Wildman–Crippen MR) is 90.8 cm³/mol. The van der Waals surface area contributed by atoms with Crippen molar-refractivity contribution in [2.75, 3.05) is 19.7 Å². The molecule has 2 unspecified atom stereocenters. The molecule has 26 heavy (non-hydrogen) atoms. The molecule has 0 aliphatic carbocycles. The average molecular weight is 366 g/mol. The maximum absolute atomic E-state index is 11.8. The van der Waals surface area contributed by atoms with E-state index >= 15 is 0 Å². The number of hydrogen-bond acceptors (Lipinski definition) is 6. The summed E-state index contributed by atoms with van der Waals surface area (Å²) < 4.78 is 0. The zero-order valence-corrected chi connectivity index (χ0v) is 14.0. The molecule has 10 nitrogen and oxygen atoms in total.